The summed E-state index contributed by atoms with van der Waals surface area (Å²) >= 11 is 5.90. The van der Waals surface area contributed by atoms with Gasteiger partial charge in [-0.1, -0.05) is 31.5 Å². The van der Waals surface area contributed by atoms with Crippen molar-refractivity contribution in [3.63, 3.8) is 0 Å². The number of nitrogens with one attached hydrogen (secondary N) is 1. The SMILES string of the molecule is Cc1cc(Cl)ccc1CNCC(CC(C)C)C(=O)O. The number of carboxylic acids is 1. The van der Waals surface area contributed by atoms with Crippen molar-refractivity contribution in [2.24, 2.45) is 11.8 Å². The van der Waals surface area contributed by atoms with E-state index in [-0.39, 0.29) is 5.92 Å². The number of hydrogen-bond acceptors (Lipinski definition) is 2. The Morgan fingerprint density at radius 1 is 1.42 bits per heavy atom. The summed E-state index contributed by atoms with van der Waals surface area (Å²) in [5, 5.41) is 13.1. The third-order valence-corrected chi connectivity index (χ3v) is 3.35. The van der Waals surface area contributed by atoms with Crippen LogP contribution in [0.4, 0.5) is 0 Å². The summed E-state index contributed by atoms with van der Waals surface area (Å²) in [6.07, 6.45) is 0.696. The van der Waals surface area contributed by atoms with E-state index in [2.05, 4.69) is 5.32 Å². The standard InChI is InChI=1S/C15H22ClNO2/c1-10(2)6-13(15(18)19)9-17-8-12-4-5-14(16)7-11(12)3/h4-5,7,10,13,17H,6,8-9H2,1-3H3,(H,18,19). The molecule has 0 amide bonds. The second-order valence-corrected chi connectivity index (χ2v) is 5.80. The maximum Gasteiger partial charge on any atom is 0.307 e. The molecule has 0 radical (unpaired) electrons. The molecule has 0 aromatic heterocycles. The van der Waals surface area contributed by atoms with Crippen molar-refractivity contribution >= 4 is 17.6 Å². The largest absolute Gasteiger partial charge is 0.481 e. The zero-order valence-corrected chi connectivity index (χ0v) is 12.5. The second-order valence-electron chi connectivity index (χ2n) is 5.37. The average molecular weight is 284 g/mol. The number of halogens is 1. The van der Waals surface area contributed by atoms with Gasteiger partial charge in [-0.2, -0.15) is 0 Å². The molecule has 0 aliphatic rings. The molecule has 0 spiro atoms. The smallest absolute Gasteiger partial charge is 0.307 e. The highest BCUT2D eigenvalue weighted by Crippen LogP contribution is 2.15. The molecular weight excluding hydrogens is 262 g/mol. The van der Waals surface area contributed by atoms with Crippen LogP contribution in [0.25, 0.3) is 0 Å². The minimum atomic E-state index is -0.728. The third-order valence-electron chi connectivity index (χ3n) is 3.12. The first-order chi connectivity index (χ1) is 8.90. The van der Waals surface area contributed by atoms with Crippen LogP contribution in [0.1, 0.15) is 31.4 Å². The van der Waals surface area contributed by atoms with E-state index in [1.807, 2.05) is 39.0 Å². The fraction of sp³-hybridized carbons (Fsp3) is 0.533. The van der Waals surface area contributed by atoms with Crippen LogP contribution < -0.4 is 5.32 Å². The lowest BCUT2D eigenvalue weighted by Crippen LogP contribution is -2.29. The van der Waals surface area contributed by atoms with Crippen LogP contribution in [0.5, 0.6) is 0 Å². The van der Waals surface area contributed by atoms with E-state index in [1.165, 1.54) is 0 Å². The van der Waals surface area contributed by atoms with Crippen molar-refractivity contribution in [3.05, 3.63) is 34.3 Å². The fourth-order valence-electron chi connectivity index (χ4n) is 2.08. The second kappa shape index (κ2) is 7.51. The van der Waals surface area contributed by atoms with Crippen LogP contribution in [0, 0.1) is 18.8 Å². The molecule has 0 saturated heterocycles. The van der Waals surface area contributed by atoms with Gasteiger partial charge in [-0.3, -0.25) is 4.79 Å². The van der Waals surface area contributed by atoms with Crippen molar-refractivity contribution in [1.82, 2.24) is 5.32 Å². The molecule has 1 rings (SSSR count). The van der Waals surface area contributed by atoms with E-state index in [9.17, 15) is 4.79 Å². The maximum atomic E-state index is 11.1. The van der Waals surface area contributed by atoms with Gasteiger partial charge < -0.3 is 10.4 Å². The number of carboxylic acid groups (broad SMARTS) is 1. The molecule has 1 unspecified atom stereocenters. The molecule has 0 bridgehead atoms. The molecule has 4 heteroatoms. The molecule has 2 N–H and O–H groups in total. The lowest BCUT2D eigenvalue weighted by Gasteiger charge is -2.16. The van der Waals surface area contributed by atoms with Crippen LogP contribution in [-0.4, -0.2) is 17.6 Å². The summed E-state index contributed by atoms with van der Waals surface area (Å²) in [4.78, 5) is 11.1. The average Bonchev–Trinajstić information content (AvgIpc) is 2.29. The van der Waals surface area contributed by atoms with E-state index in [0.29, 0.717) is 25.4 Å². The predicted octanol–water partition coefficient (Wildman–Crippen LogP) is 3.48. The van der Waals surface area contributed by atoms with E-state index in [1.54, 1.807) is 0 Å². The van der Waals surface area contributed by atoms with Gasteiger partial charge in [0.15, 0.2) is 0 Å². The van der Waals surface area contributed by atoms with Crippen LogP contribution in [0.2, 0.25) is 5.02 Å². The highest BCUT2D eigenvalue weighted by atomic mass is 35.5. The lowest BCUT2D eigenvalue weighted by atomic mass is 9.97. The van der Waals surface area contributed by atoms with Crippen molar-refractivity contribution in [2.75, 3.05) is 6.54 Å². The minimum Gasteiger partial charge on any atom is -0.481 e. The van der Waals surface area contributed by atoms with Crippen molar-refractivity contribution in [3.8, 4) is 0 Å². The molecule has 1 aromatic carbocycles. The molecule has 106 valence electrons. The summed E-state index contributed by atoms with van der Waals surface area (Å²) in [6.45, 7) is 7.25. The van der Waals surface area contributed by atoms with Crippen LogP contribution in [0.15, 0.2) is 18.2 Å². The summed E-state index contributed by atoms with van der Waals surface area (Å²) in [5.41, 5.74) is 2.27. The molecule has 19 heavy (non-hydrogen) atoms. The van der Waals surface area contributed by atoms with Gasteiger partial charge in [0.05, 0.1) is 5.92 Å². The van der Waals surface area contributed by atoms with E-state index < -0.39 is 5.97 Å². The molecular formula is C15H22ClNO2. The summed E-state index contributed by atoms with van der Waals surface area (Å²) in [7, 11) is 0. The fourth-order valence-corrected chi connectivity index (χ4v) is 2.31. The van der Waals surface area contributed by atoms with Gasteiger partial charge >= 0.3 is 5.97 Å². The minimum absolute atomic E-state index is 0.326. The van der Waals surface area contributed by atoms with Gasteiger partial charge in [0.1, 0.15) is 0 Å². The van der Waals surface area contributed by atoms with E-state index in [0.717, 1.165) is 16.1 Å². The van der Waals surface area contributed by atoms with Crippen LogP contribution >= 0.6 is 11.6 Å². The Bertz CT molecular complexity index is 432. The molecule has 0 saturated carbocycles. The maximum absolute atomic E-state index is 11.1. The van der Waals surface area contributed by atoms with Gasteiger partial charge in [0, 0.05) is 18.1 Å². The first-order valence-electron chi connectivity index (χ1n) is 6.58. The zero-order valence-electron chi connectivity index (χ0n) is 11.7. The van der Waals surface area contributed by atoms with Crippen LogP contribution in [0.3, 0.4) is 0 Å². The number of aryl methyl sites for hydroxylation is 1. The Kier molecular flexibility index (Phi) is 6.32. The zero-order chi connectivity index (χ0) is 14.4. The number of benzene rings is 1. The van der Waals surface area contributed by atoms with Crippen molar-refractivity contribution in [1.29, 1.82) is 0 Å². The highest BCUT2D eigenvalue weighted by Gasteiger charge is 2.18. The van der Waals surface area contributed by atoms with Crippen molar-refractivity contribution < 1.29 is 9.90 Å². The lowest BCUT2D eigenvalue weighted by molar-refractivity contribution is -0.142. The van der Waals surface area contributed by atoms with Crippen LogP contribution in [-0.2, 0) is 11.3 Å². The Morgan fingerprint density at radius 2 is 2.11 bits per heavy atom. The molecule has 1 aromatic rings. The molecule has 0 aliphatic heterocycles. The van der Waals surface area contributed by atoms with Gasteiger partial charge in [0.2, 0.25) is 0 Å². The monoisotopic (exact) mass is 283 g/mol. The Morgan fingerprint density at radius 3 is 2.63 bits per heavy atom. The van der Waals surface area contributed by atoms with E-state index in [4.69, 9.17) is 16.7 Å². The Hall–Kier alpha value is -1.06. The molecule has 1 atom stereocenters. The predicted molar refractivity (Wildman–Crippen MR) is 78.5 cm³/mol. The first-order valence-corrected chi connectivity index (χ1v) is 6.96. The quantitative estimate of drug-likeness (QED) is 0.805. The Balaban J connectivity index is 2.49. The van der Waals surface area contributed by atoms with Crippen molar-refractivity contribution in [2.45, 2.75) is 33.7 Å². The van der Waals surface area contributed by atoms with Gasteiger partial charge in [0.25, 0.3) is 0 Å². The molecule has 3 nitrogen and oxygen atoms in total. The topological polar surface area (TPSA) is 49.3 Å². The third kappa shape index (κ3) is 5.62. The number of hydrogen-bond donors (Lipinski definition) is 2. The molecule has 0 fully saturated rings. The number of aliphatic carboxylic acids is 1. The summed E-state index contributed by atoms with van der Waals surface area (Å²) in [5.74, 6) is -0.665. The Labute approximate surface area is 120 Å². The van der Waals surface area contributed by atoms with Gasteiger partial charge in [-0.05, 0) is 42.5 Å². The normalized spacial score (nSPS) is 12.7. The molecule has 0 heterocycles. The summed E-state index contributed by atoms with van der Waals surface area (Å²) < 4.78 is 0. The first kappa shape index (κ1) is 16.0. The molecule has 0 aliphatic carbocycles. The van der Waals surface area contributed by atoms with E-state index >= 15 is 0 Å². The summed E-state index contributed by atoms with van der Waals surface area (Å²) in [6, 6.07) is 5.75. The number of carbonyl (C=O) groups is 1. The van der Waals surface area contributed by atoms with Gasteiger partial charge in [-0.25, -0.2) is 0 Å². The number of rotatable bonds is 7. The highest BCUT2D eigenvalue weighted by molar-refractivity contribution is 6.30. The van der Waals surface area contributed by atoms with Gasteiger partial charge in [-0.15, -0.1) is 0 Å².